The van der Waals surface area contributed by atoms with Gasteiger partial charge in [0.2, 0.25) is 0 Å². The van der Waals surface area contributed by atoms with Crippen molar-refractivity contribution in [2.45, 2.75) is 25.8 Å². The maximum atomic E-state index is 11.3. The Bertz CT molecular complexity index is 625. The lowest BCUT2D eigenvalue weighted by Gasteiger charge is -2.32. The van der Waals surface area contributed by atoms with Crippen molar-refractivity contribution in [2.24, 2.45) is 5.92 Å². The molecule has 0 amide bonds. The molecule has 2 aromatic rings. The van der Waals surface area contributed by atoms with Gasteiger partial charge < -0.3 is 5.11 Å². The number of nitrogens with zero attached hydrogens (tertiary/aromatic N) is 2. The molecule has 0 unspecified atom stereocenters. The Hall–Kier alpha value is -2.14. The third kappa shape index (κ3) is 3.54. The van der Waals surface area contributed by atoms with Crippen molar-refractivity contribution >= 4 is 5.97 Å². The van der Waals surface area contributed by atoms with Gasteiger partial charge in [-0.1, -0.05) is 18.2 Å². The molecule has 1 fully saturated rings. The molecule has 2 heterocycles. The van der Waals surface area contributed by atoms with E-state index in [0.717, 1.165) is 31.5 Å². The number of carboxylic acid groups (broad SMARTS) is 1. The minimum atomic E-state index is -0.846. The van der Waals surface area contributed by atoms with E-state index in [2.05, 4.69) is 15.1 Å². The summed E-state index contributed by atoms with van der Waals surface area (Å²) in [7, 11) is 0. The third-order valence-corrected chi connectivity index (χ3v) is 4.31. The molecule has 0 bridgehead atoms. The molecule has 116 valence electrons. The van der Waals surface area contributed by atoms with E-state index >= 15 is 0 Å². The number of aromatic amines is 1. The molecular formula is C17H21N3O2. The van der Waals surface area contributed by atoms with E-state index in [1.165, 1.54) is 12.1 Å². The van der Waals surface area contributed by atoms with Crippen LogP contribution in [0.2, 0.25) is 0 Å². The number of nitrogens with one attached hydrogen (secondary N) is 1. The van der Waals surface area contributed by atoms with E-state index in [0.29, 0.717) is 18.0 Å². The molecule has 0 aliphatic carbocycles. The van der Waals surface area contributed by atoms with Gasteiger partial charge in [0.25, 0.3) is 0 Å². The Labute approximate surface area is 130 Å². The van der Waals surface area contributed by atoms with Crippen LogP contribution in [0.4, 0.5) is 0 Å². The van der Waals surface area contributed by atoms with Crippen molar-refractivity contribution in [1.82, 2.24) is 15.1 Å². The summed E-state index contributed by atoms with van der Waals surface area (Å²) >= 11 is 0. The second-order valence-corrected chi connectivity index (χ2v) is 5.99. The van der Waals surface area contributed by atoms with Gasteiger partial charge in [0.1, 0.15) is 0 Å². The highest BCUT2D eigenvalue weighted by molar-refractivity contribution is 5.89. The van der Waals surface area contributed by atoms with Gasteiger partial charge in [-0.15, -0.1) is 0 Å². The molecule has 1 aliphatic heterocycles. The molecule has 2 N–H and O–H groups in total. The van der Waals surface area contributed by atoms with E-state index < -0.39 is 5.97 Å². The first-order valence-electron chi connectivity index (χ1n) is 7.74. The predicted octanol–water partition coefficient (Wildman–Crippen LogP) is 2.56. The number of carbonyl (C=O) groups is 1. The molecule has 0 radical (unpaired) electrons. The molecule has 1 aromatic heterocycles. The van der Waals surface area contributed by atoms with Crippen molar-refractivity contribution < 1.29 is 9.90 Å². The SMILES string of the molecule is O=C(O)c1ccccc1CN1CCC[C@H](Cc2ccn[nH]2)C1. The van der Waals surface area contributed by atoms with Crippen molar-refractivity contribution in [1.29, 1.82) is 0 Å². The zero-order chi connectivity index (χ0) is 15.4. The van der Waals surface area contributed by atoms with Crippen LogP contribution in [0.3, 0.4) is 0 Å². The maximum absolute atomic E-state index is 11.3. The van der Waals surface area contributed by atoms with Crippen LogP contribution in [0.15, 0.2) is 36.5 Å². The van der Waals surface area contributed by atoms with Crippen LogP contribution in [0, 0.1) is 5.92 Å². The first-order chi connectivity index (χ1) is 10.7. The maximum Gasteiger partial charge on any atom is 0.336 e. The Balaban J connectivity index is 1.64. The fraction of sp³-hybridized carbons (Fsp3) is 0.412. The Kier molecular flexibility index (Phi) is 4.53. The summed E-state index contributed by atoms with van der Waals surface area (Å²) in [6.07, 6.45) is 5.18. The van der Waals surface area contributed by atoms with Gasteiger partial charge in [-0.3, -0.25) is 10.00 Å². The van der Waals surface area contributed by atoms with Crippen LogP contribution in [-0.4, -0.2) is 39.3 Å². The molecule has 1 aliphatic rings. The monoisotopic (exact) mass is 299 g/mol. The van der Waals surface area contributed by atoms with Crippen LogP contribution in [0.25, 0.3) is 0 Å². The number of rotatable bonds is 5. The fourth-order valence-corrected chi connectivity index (χ4v) is 3.28. The molecule has 3 rings (SSSR count). The normalized spacial score (nSPS) is 19.2. The quantitative estimate of drug-likeness (QED) is 0.890. The number of likely N-dealkylation sites (tertiary alicyclic amines) is 1. The van der Waals surface area contributed by atoms with Crippen LogP contribution >= 0.6 is 0 Å². The number of hydrogen-bond donors (Lipinski definition) is 2. The van der Waals surface area contributed by atoms with Gasteiger partial charge in [-0.05, 0) is 49.4 Å². The van der Waals surface area contributed by atoms with Crippen molar-refractivity contribution in [3.63, 3.8) is 0 Å². The van der Waals surface area contributed by atoms with Gasteiger partial charge in [0, 0.05) is 25.0 Å². The average Bonchev–Trinajstić information content (AvgIpc) is 3.01. The van der Waals surface area contributed by atoms with E-state index in [9.17, 15) is 9.90 Å². The molecule has 5 heteroatoms. The molecule has 0 saturated carbocycles. The molecule has 1 saturated heterocycles. The third-order valence-electron chi connectivity index (χ3n) is 4.31. The lowest BCUT2D eigenvalue weighted by atomic mass is 9.93. The van der Waals surface area contributed by atoms with E-state index in [1.54, 1.807) is 18.3 Å². The van der Waals surface area contributed by atoms with Gasteiger partial charge in [-0.25, -0.2) is 4.79 Å². The number of hydrogen-bond acceptors (Lipinski definition) is 3. The summed E-state index contributed by atoms with van der Waals surface area (Å²) in [5.74, 6) is -0.243. The molecule has 5 nitrogen and oxygen atoms in total. The highest BCUT2D eigenvalue weighted by Gasteiger charge is 2.22. The van der Waals surface area contributed by atoms with Gasteiger partial charge in [0.15, 0.2) is 0 Å². The second-order valence-electron chi connectivity index (χ2n) is 5.99. The van der Waals surface area contributed by atoms with Crippen molar-refractivity contribution in [2.75, 3.05) is 13.1 Å². The average molecular weight is 299 g/mol. The fourth-order valence-electron chi connectivity index (χ4n) is 3.28. The molecule has 1 aromatic carbocycles. The second kappa shape index (κ2) is 6.75. The number of aromatic carboxylic acids is 1. The van der Waals surface area contributed by atoms with Gasteiger partial charge in [0.05, 0.1) is 5.56 Å². The predicted molar refractivity (Wildman–Crippen MR) is 83.7 cm³/mol. The van der Waals surface area contributed by atoms with Crippen molar-refractivity contribution in [3.8, 4) is 0 Å². The van der Waals surface area contributed by atoms with Crippen LogP contribution in [0.5, 0.6) is 0 Å². The number of carboxylic acids is 1. The van der Waals surface area contributed by atoms with Crippen LogP contribution in [0.1, 0.15) is 34.5 Å². The first kappa shape index (κ1) is 14.8. The zero-order valence-electron chi connectivity index (χ0n) is 12.5. The highest BCUT2D eigenvalue weighted by atomic mass is 16.4. The summed E-state index contributed by atoms with van der Waals surface area (Å²) in [6.45, 7) is 2.75. The number of piperidine rings is 1. The Morgan fingerprint density at radius 2 is 2.23 bits per heavy atom. The van der Waals surface area contributed by atoms with Crippen molar-refractivity contribution in [3.05, 3.63) is 53.3 Å². The lowest BCUT2D eigenvalue weighted by Crippen LogP contribution is -2.36. The summed E-state index contributed by atoms with van der Waals surface area (Å²) in [4.78, 5) is 13.7. The topological polar surface area (TPSA) is 69.2 Å². The summed E-state index contributed by atoms with van der Waals surface area (Å²) in [5, 5.41) is 16.3. The van der Waals surface area contributed by atoms with E-state index in [1.807, 2.05) is 18.2 Å². The number of H-pyrrole nitrogens is 1. The lowest BCUT2D eigenvalue weighted by molar-refractivity contribution is 0.0693. The molecule has 1 atom stereocenters. The first-order valence-corrected chi connectivity index (χ1v) is 7.74. The van der Waals surface area contributed by atoms with E-state index in [4.69, 9.17) is 0 Å². The highest BCUT2D eigenvalue weighted by Crippen LogP contribution is 2.22. The molecular weight excluding hydrogens is 278 g/mol. The number of aromatic nitrogens is 2. The summed E-state index contributed by atoms with van der Waals surface area (Å²) in [5.41, 5.74) is 2.49. The zero-order valence-corrected chi connectivity index (χ0v) is 12.5. The van der Waals surface area contributed by atoms with Crippen LogP contribution in [-0.2, 0) is 13.0 Å². The molecule has 0 spiro atoms. The smallest absolute Gasteiger partial charge is 0.336 e. The summed E-state index contributed by atoms with van der Waals surface area (Å²) < 4.78 is 0. The van der Waals surface area contributed by atoms with Crippen LogP contribution < -0.4 is 0 Å². The minimum absolute atomic E-state index is 0.415. The summed E-state index contributed by atoms with van der Waals surface area (Å²) in [6, 6.07) is 9.32. The molecule has 22 heavy (non-hydrogen) atoms. The minimum Gasteiger partial charge on any atom is -0.478 e. The Morgan fingerprint density at radius 3 is 3.00 bits per heavy atom. The van der Waals surface area contributed by atoms with E-state index in [-0.39, 0.29) is 0 Å². The van der Waals surface area contributed by atoms with Gasteiger partial charge in [-0.2, -0.15) is 5.10 Å². The Morgan fingerprint density at radius 1 is 1.36 bits per heavy atom. The standard InChI is InChI=1S/C17H21N3O2/c21-17(22)16-6-2-1-5-14(16)12-20-9-3-4-13(11-20)10-15-7-8-18-19-15/h1-2,5-8,13H,3-4,9-12H2,(H,18,19)(H,21,22)/t13-/m1/s1. The van der Waals surface area contributed by atoms with Gasteiger partial charge >= 0.3 is 5.97 Å². The largest absolute Gasteiger partial charge is 0.478 e. The number of benzene rings is 1.